The van der Waals surface area contributed by atoms with Gasteiger partial charge in [0.05, 0.1) is 5.56 Å². The lowest BCUT2D eigenvalue weighted by Crippen LogP contribution is -2.22. The van der Waals surface area contributed by atoms with E-state index in [0.29, 0.717) is 22.2 Å². The van der Waals surface area contributed by atoms with Crippen LogP contribution in [0, 0.1) is 0 Å². The van der Waals surface area contributed by atoms with Gasteiger partial charge in [-0.2, -0.15) is 0 Å². The van der Waals surface area contributed by atoms with Crippen LogP contribution in [0.4, 0.5) is 5.69 Å². The molecule has 0 bridgehead atoms. The van der Waals surface area contributed by atoms with E-state index in [2.05, 4.69) is 15.6 Å². The third kappa shape index (κ3) is 4.24. The van der Waals surface area contributed by atoms with Crippen LogP contribution in [-0.2, 0) is 9.53 Å². The summed E-state index contributed by atoms with van der Waals surface area (Å²) in [6, 6.07) is 14.3. The van der Waals surface area contributed by atoms with Gasteiger partial charge in [-0.05, 0) is 24.3 Å². The van der Waals surface area contributed by atoms with Gasteiger partial charge in [-0.25, -0.2) is 4.79 Å². The van der Waals surface area contributed by atoms with Crippen molar-refractivity contribution in [3.63, 3.8) is 0 Å². The van der Waals surface area contributed by atoms with E-state index >= 15 is 0 Å². The second-order valence-electron chi connectivity index (χ2n) is 5.88. The number of carbonyl (C=O) groups excluding carboxylic acids is 3. The molecule has 0 spiro atoms. The maximum Gasteiger partial charge on any atom is 0.339 e. The standard InChI is InChI=1S/C20H17N3O5/c1-21-19(26)12-5-4-6-13(9-12)22-18(25)11-28-20(27)15-10-17(24)23-16-8-3-2-7-14(15)16/h2-10H,11H2,1H3,(H,21,26)(H,22,25)(H,23,24). The van der Waals surface area contributed by atoms with Gasteiger partial charge in [0.25, 0.3) is 11.8 Å². The zero-order valence-corrected chi connectivity index (χ0v) is 14.9. The molecule has 0 radical (unpaired) electrons. The first-order valence-electron chi connectivity index (χ1n) is 8.39. The number of anilines is 1. The Labute approximate surface area is 159 Å². The van der Waals surface area contributed by atoms with Crippen LogP contribution < -0.4 is 16.2 Å². The number of benzene rings is 2. The van der Waals surface area contributed by atoms with Crippen molar-refractivity contribution in [2.24, 2.45) is 0 Å². The Morgan fingerprint density at radius 1 is 1.04 bits per heavy atom. The van der Waals surface area contributed by atoms with E-state index in [-0.39, 0.29) is 11.5 Å². The molecule has 8 heteroatoms. The number of ether oxygens (including phenoxy) is 1. The molecular weight excluding hydrogens is 362 g/mol. The van der Waals surface area contributed by atoms with Crippen LogP contribution in [0.3, 0.4) is 0 Å². The fraction of sp³-hybridized carbons (Fsp3) is 0.100. The first-order chi connectivity index (χ1) is 13.5. The van der Waals surface area contributed by atoms with Crippen LogP contribution in [0.1, 0.15) is 20.7 Å². The minimum absolute atomic E-state index is 0.0776. The van der Waals surface area contributed by atoms with Gasteiger partial charge in [0.2, 0.25) is 5.56 Å². The van der Waals surface area contributed by atoms with Gasteiger partial charge < -0.3 is 20.4 Å². The molecular formula is C20H17N3O5. The van der Waals surface area contributed by atoms with E-state index in [4.69, 9.17) is 4.74 Å². The van der Waals surface area contributed by atoms with E-state index in [1.165, 1.54) is 13.1 Å². The number of amides is 2. The van der Waals surface area contributed by atoms with Gasteiger partial charge in [-0.3, -0.25) is 14.4 Å². The van der Waals surface area contributed by atoms with Crippen molar-refractivity contribution in [2.45, 2.75) is 0 Å². The van der Waals surface area contributed by atoms with Crippen molar-refractivity contribution in [3.05, 3.63) is 76.1 Å². The molecule has 3 N–H and O–H groups in total. The van der Waals surface area contributed by atoms with Crippen molar-refractivity contribution in [1.82, 2.24) is 10.3 Å². The molecule has 3 aromatic rings. The molecule has 3 rings (SSSR count). The number of fused-ring (bicyclic) bond motifs is 1. The Kier molecular flexibility index (Phi) is 5.50. The summed E-state index contributed by atoms with van der Waals surface area (Å²) in [4.78, 5) is 50.4. The molecule has 8 nitrogen and oxygen atoms in total. The summed E-state index contributed by atoms with van der Waals surface area (Å²) in [5.74, 6) is -1.64. The van der Waals surface area contributed by atoms with E-state index in [1.54, 1.807) is 42.5 Å². The topological polar surface area (TPSA) is 117 Å². The maximum atomic E-state index is 12.3. The average molecular weight is 379 g/mol. The summed E-state index contributed by atoms with van der Waals surface area (Å²) in [5, 5.41) is 5.56. The Morgan fingerprint density at radius 3 is 2.61 bits per heavy atom. The van der Waals surface area contributed by atoms with Crippen LogP contribution in [0.2, 0.25) is 0 Å². The molecule has 0 aliphatic heterocycles. The quantitative estimate of drug-likeness (QED) is 0.583. The van der Waals surface area contributed by atoms with Gasteiger partial charge in [0, 0.05) is 35.3 Å². The number of pyridine rings is 1. The monoisotopic (exact) mass is 379 g/mol. The van der Waals surface area contributed by atoms with Crippen LogP contribution in [-0.4, -0.2) is 36.4 Å². The summed E-state index contributed by atoms with van der Waals surface area (Å²) >= 11 is 0. The summed E-state index contributed by atoms with van der Waals surface area (Å²) in [5.41, 5.74) is 0.906. The third-order valence-corrected chi connectivity index (χ3v) is 3.94. The number of nitrogens with one attached hydrogen (secondary N) is 3. The number of para-hydroxylation sites is 1. The number of H-pyrrole nitrogens is 1. The van der Waals surface area contributed by atoms with Crippen molar-refractivity contribution in [2.75, 3.05) is 19.0 Å². The third-order valence-electron chi connectivity index (χ3n) is 3.94. The lowest BCUT2D eigenvalue weighted by Gasteiger charge is -2.09. The van der Waals surface area contributed by atoms with Gasteiger partial charge in [0.1, 0.15) is 0 Å². The molecule has 2 amide bonds. The fourth-order valence-electron chi connectivity index (χ4n) is 2.66. The van der Waals surface area contributed by atoms with E-state index in [0.717, 1.165) is 6.07 Å². The molecule has 142 valence electrons. The van der Waals surface area contributed by atoms with Crippen LogP contribution in [0.25, 0.3) is 10.9 Å². The molecule has 0 aliphatic rings. The molecule has 0 atom stereocenters. The van der Waals surface area contributed by atoms with Gasteiger partial charge in [0.15, 0.2) is 6.61 Å². The molecule has 1 heterocycles. The number of esters is 1. The second kappa shape index (κ2) is 8.17. The van der Waals surface area contributed by atoms with Crippen LogP contribution in [0.15, 0.2) is 59.4 Å². The molecule has 2 aromatic carbocycles. The highest BCUT2D eigenvalue weighted by atomic mass is 16.5. The summed E-state index contributed by atoms with van der Waals surface area (Å²) in [7, 11) is 1.51. The summed E-state index contributed by atoms with van der Waals surface area (Å²) in [6.07, 6.45) is 0. The lowest BCUT2D eigenvalue weighted by atomic mass is 10.1. The molecule has 0 unspecified atom stereocenters. The second-order valence-corrected chi connectivity index (χ2v) is 5.88. The Bertz CT molecular complexity index is 1120. The van der Waals surface area contributed by atoms with E-state index < -0.39 is 24.0 Å². The SMILES string of the molecule is CNC(=O)c1cccc(NC(=O)COC(=O)c2cc(=O)[nH]c3ccccc23)c1. The highest BCUT2D eigenvalue weighted by Crippen LogP contribution is 2.15. The van der Waals surface area contributed by atoms with Crippen molar-refractivity contribution >= 4 is 34.4 Å². The predicted molar refractivity (Wildman–Crippen MR) is 103 cm³/mol. The maximum absolute atomic E-state index is 12.3. The van der Waals surface area contributed by atoms with Crippen molar-refractivity contribution in [3.8, 4) is 0 Å². The number of carbonyl (C=O) groups is 3. The first-order valence-corrected chi connectivity index (χ1v) is 8.39. The van der Waals surface area contributed by atoms with Crippen LogP contribution >= 0.6 is 0 Å². The number of rotatable bonds is 5. The zero-order valence-electron chi connectivity index (χ0n) is 14.9. The first kappa shape index (κ1) is 18.8. The van der Waals surface area contributed by atoms with Gasteiger partial charge in [-0.1, -0.05) is 24.3 Å². The minimum atomic E-state index is -0.781. The number of hydrogen-bond donors (Lipinski definition) is 3. The summed E-state index contributed by atoms with van der Waals surface area (Å²) < 4.78 is 5.04. The largest absolute Gasteiger partial charge is 0.452 e. The highest BCUT2D eigenvalue weighted by molar-refractivity contribution is 6.04. The fourth-order valence-corrected chi connectivity index (χ4v) is 2.66. The Balaban J connectivity index is 1.68. The van der Waals surface area contributed by atoms with E-state index in [9.17, 15) is 19.2 Å². The van der Waals surface area contributed by atoms with E-state index in [1.807, 2.05) is 0 Å². The van der Waals surface area contributed by atoms with Crippen molar-refractivity contribution in [1.29, 1.82) is 0 Å². The predicted octanol–water partition coefficient (Wildman–Crippen LogP) is 1.68. The van der Waals surface area contributed by atoms with Crippen LogP contribution in [0.5, 0.6) is 0 Å². The smallest absolute Gasteiger partial charge is 0.339 e. The summed E-state index contributed by atoms with van der Waals surface area (Å²) in [6.45, 7) is -0.538. The normalized spacial score (nSPS) is 10.3. The van der Waals surface area contributed by atoms with Gasteiger partial charge >= 0.3 is 5.97 Å². The molecule has 0 saturated heterocycles. The minimum Gasteiger partial charge on any atom is -0.452 e. The number of aromatic amines is 1. The zero-order chi connectivity index (χ0) is 20.1. The molecule has 28 heavy (non-hydrogen) atoms. The molecule has 0 fully saturated rings. The Hall–Kier alpha value is -3.94. The molecule has 0 aliphatic carbocycles. The molecule has 1 aromatic heterocycles. The van der Waals surface area contributed by atoms with Gasteiger partial charge in [-0.15, -0.1) is 0 Å². The number of hydrogen-bond acceptors (Lipinski definition) is 5. The lowest BCUT2D eigenvalue weighted by molar-refractivity contribution is -0.119. The number of aromatic nitrogens is 1. The van der Waals surface area contributed by atoms with Crippen molar-refractivity contribution < 1.29 is 19.1 Å². The Morgan fingerprint density at radius 2 is 1.82 bits per heavy atom. The molecule has 0 saturated carbocycles. The highest BCUT2D eigenvalue weighted by Gasteiger charge is 2.15. The average Bonchev–Trinajstić information content (AvgIpc) is 2.70.